The maximum absolute atomic E-state index is 9.87. The monoisotopic (exact) mass is 262 g/mol. The van der Waals surface area contributed by atoms with Crippen molar-refractivity contribution in [1.82, 2.24) is 10.2 Å². The second-order valence-corrected chi connectivity index (χ2v) is 5.56. The summed E-state index contributed by atoms with van der Waals surface area (Å²) in [5.41, 5.74) is 0.999. The molecule has 1 aromatic rings. The fraction of sp³-hybridized carbons (Fsp3) is 0.625. The zero-order chi connectivity index (χ0) is 13.7. The summed E-state index contributed by atoms with van der Waals surface area (Å²) < 4.78 is 0. The summed E-state index contributed by atoms with van der Waals surface area (Å²) in [6.07, 6.45) is 3.66. The van der Waals surface area contributed by atoms with Crippen LogP contribution in [0.25, 0.3) is 0 Å². The van der Waals surface area contributed by atoms with Crippen LogP contribution in [0.5, 0.6) is 5.75 Å². The van der Waals surface area contributed by atoms with Gasteiger partial charge in [-0.2, -0.15) is 0 Å². The number of phenols is 1. The van der Waals surface area contributed by atoms with Crippen LogP contribution in [0.4, 0.5) is 0 Å². The third kappa shape index (κ3) is 3.95. The van der Waals surface area contributed by atoms with Crippen molar-refractivity contribution in [2.75, 3.05) is 19.6 Å². The van der Waals surface area contributed by atoms with Gasteiger partial charge in [0.15, 0.2) is 0 Å². The van der Waals surface area contributed by atoms with Crippen LogP contribution in [0.1, 0.15) is 44.7 Å². The predicted octanol–water partition coefficient (Wildman–Crippen LogP) is 2.92. The minimum Gasteiger partial charge on any atom is -0.508 e. The first kappa shape index (κ1) is 14.4. The lowest BCUT2D eigenvalue weighted by molar-refractivity contribution is 0.192. The van der Waals surface area contributed by atoms with Gasteiger partial charge in [0.1, 0.15) is 5.75 Å². The topological polar surface area (TPSA) is 35.5 Å². The number of hydrogen-bond acceptors (Lipinski definition) is 3. The Morgan fingerprint density at radius 2 is 2.00 bits per heavy atom. The normalized spacial score (nSPS) is 19.5. The summed E-state index contributed by atoms with van der Waals surface area (Å²) >= 11 is 0. The van der Waals surface area contributed by atoms with Gasteiger partial charge in [-0.3, -0.25) is 0 Å². The average Bonchev–Trinajstić information content (AvgIpc) is 2.42. The van der Waals surface area contributed by atoms with E-state index < -0.39 is 0 Å². The molecule has 1 aromatic carbocycles. The maximum atomic E-state index is 9.87. The van der Waals surface area contributed by atoms with Gasteiger partial charge in [-0.25, -0.2) is 0 Å². The van der Waals surface area contributed by atoms with Crippen molar-refractivity contribution in [1.29, 1.82) is 0 Å². The minimum atomic E-state index is 0.212. The molecule has 1 aliphatic rings. The van der Waals surface area contributed by atoms with Gasteiger partial charge in [-0.05, 0) is 51.9 Å². The van der Waals surface area contributed by atoms with Crippen LogP contribution in [0.2, 0.25) is 0 Å². The molecule has 2 N–H and O–H groups in total. The molecule has 0 spiro atoms. The highest BCUT2D eigenvalue weighted by Gasteiger charge is 2.21. The molecule has 0 aromatic heterocycles. The number of hydrogen-bond donors (Lipinski definition) is 2. The lowest BCUT2D eigenvalue weighted by Crippen LogP contribution is -2.43. The van der Waals surface area contributed by atoms with Gasteiger partial charge in [0.25, 0.3) is 0 Å². The van der Waals surface area contributed by atoms with Crippen LogP contribution in [0.3, 0.4) is 0 Å². The fourth-order valence-corrected chi connectivity index (χ4v) is 2.94. The molecule has 1 unspecified atom stereocenters. The van der Waals surface area contributed by atoms with Gasteiger partial charge in [-0.15, -0.1) is 0 Å². The largest absolute Gasteiger partial charge is 0.508 e. The van der Waals surface area contributed by atoms with Crippen LogP contribution in [0, 0.1) is 0 Å². The Bertz CT molecular complexity index is 386. The summed E-state index contributed by atoms with van der Waals surface area (Å²) in [7, 11) is 0. The van der Waals surface area contributed by atoms with Crippen LogP contribution < -0.4 is 5.32 Å². The maximum Gasteiger partial charge on any atom is 0.120 e. The van der Waals surface area contributed by atoms with E-state index in [1.807, 2.05) is 18.2 Å². The number of nitrogens with one attached hydrogen (secondary N) is 1. The number of piperidine rings is 1. The Hall–Kier alpha value is -1.06. The standard InChI is InChI=1S/C16H26N2O/c1-3-10-18-11-8-14(9-12-18)17-13(2)15-6-4-5-7-16(15)19/h4-7,13-14,17,19H,3,8-12H2,1-2H3. The summed E-state index contributed by atoms with van der Waals surface area (Å²) in [6, 6.07) is 8.40. The molecule has 1 saturated heterocycles. The third-order valence-corrected chi connectivity index (χ3v) is 4.02. The second kappa shape index (κ2) is 6.92. The highest BCUT2D eigenvalue weighted by molar-refractivity contribution is 5.34. The molecule has 0 saturated carbocycles. The summed E-state index contributed by atoms with van der Waals surface area (Å²) in [6.45, 7) is 7.98. The number of phenolic OH excluding ortho intramolecular Hbond substituents is 1. The molecular formula is C16H26N2O. The highest BCUT2D eigenvalue weighted by Crippen LogP contribution is 2.24. The van der Waals surface area contributed by atoms with Crippen molar-refractivity contribution in [2.45, 2.75) is 45.2 Å². The first-order chi connectivity index (χ1) is 9.20. The zero-order valence-electron chi connectivity index (χ0n) is 12.1. The molecule has 1 aliphatic heterocycles. The van der Waals surface area contributed by atoms with Crippen LogP contribution in [0.15, 0.2) is 24.3 Å². The predicted molar refractivity (Wildman–Crippen MR) is 79.4 cm³/mol. The molecule has 19 heavy (non-hydrogen) atoms. The Kier molecular flexibility index (Phi) is 5.23. The van der Waals surface area contributed by atoms with Gasteiger partial charge < -0.3 is 15.3 Å². The Balaban J connectivity index is 1.84. The molecule has 0 radical (unpaired) electrons. The van der Waals surface area contributed by atoms with E-state index in [-0.39, 0.29) is 6.04 Å². The van der Waals surface area contributed by atoms with Crippen molar-refractivity contribution in [2.24, 2.45) is 0 Å². The second-order valence-electron chi connectivity index (χ2n) is 5.56. The van der Waals surface area contributed by atoms with Gasteiger partial charge in [0, 0.05) is 17.6 Å². The van der Waals surface area contributed by atoms with E-state index in [4.69, 9.17) is 0 Å². The molecular weight excluding hydrogens is 236 g/mol. The summed E-state index contributed by atoms with van der Waals surface area (Å²) in [4.78, 5) is 2.54. The van der Waals surface area contributed by atoms with Crippen molar-refractivity contribution < 1.29 is 5.11 Å². The summed E-state index contributed by atoms with van der Waals surface area (Å²) in [5, 5.41) is 13.5. The molecule has 1 fully saturated rings. The van der Waals surface area contributed by atoms with Gasteiger partial charge >= 0.3 is 0 Å². The van der Waals surface area contributed by atoms with Gasteiger partial charge in [0.05, 0.1) is 0 Å². The molecule has 3 nitrogen and oxygen atoms in total. The Morgan fingerprint density at radius 1 is 1.32 bits per heavy atom. The lowest BCUT2D eigenvalue weighted by Gasteiger charge is -2.33. The van der Waals surface area contributed by atoms with Crippen LogP contribution >= 0.6 is 0 Å². The van der Waals surface area contributed by atoms with Crippen LogP contribution in [-0.4, -0.2) is 35.7 Å². The number of benzene rings is 1. The molecule has 1 atom stereocenters. The first-order valence-electron chi connectivity index (χ1n) is 7.47. The molecule has 1 heterocycles. The smallest absolute Gasteiger partial charge is 0.120 e. The van der Waals surface area contributed by atoms with Crippen molar-refractivity contribution >= 4 is 0 Å². The quantitative estimate of drug-likeness (QED) is 0.856. The van der Waals surface area contributed by atoms with Crippen molar-refractivity contribution in [3.8, 4) is 5.75 Å². The van der Waals surface area contributed by atoms with E-state index in [2.05, 4.69) is 24.1 Å². The molecule has 3 heteroatoms. The van der Waals surface area contributed by atoms with E-state index in [1.54, 1.807) is 6.07 Å². The fourth-order valence-electron chi connectivity index (χ4n) is 2.94. The van der Waals surface area contributed by atoms with E-state index in [0.717, 1.165) is 5.56 Å². The zero-order valence-corrected chi connectivity index (χ0v) is 12.1. The van der Waals surface area contributed by atoms with E-state index >= 15 is 0 Å². The average molecular weight is 262 g/mol. The minimum absolute atomic E-state index is 0.212. The first-order valence-corrected chi connectivity index (χ1v) is 7.47. The lowest BCUT2D eigenvalue weighted by atomic mass is 10.0. The van der Waals surface area contributed by atoms with Gasteiger partial charge in [0.2, 0.25) is 0 Å². The SMILES string of the molecule is CCCN1CCC(NC(C)c2ccccc2O)CC1. The third-order valence-electron chi connectivity index (χ3n) is 4.02. The van der Waals surface area contributed by atoms with E-state index in [1.165, 1.54) is 38.9 Å². The van der Waals surface area contributed by atoms with Crippen molar-refractivity contribution in [3.63, 3.8) is 0 Å². The molecule has 2 rings (SSSR count). The summed E-state index contributed by atoms with van der Waals surface area (Å²) in [5.74, 6) is 0.394. The molecule has 0 aliphatic carbocycles. The number of aromatic hydroxyl groups is 1. The van der Waals surface area contributed by atoms with Crippen molar-refractivity contribution in [3.05, 3.63) is 29.8 Å². The molecule has 0 amide bonds. The van der Waals surface area contributed by atoms with E-state index in [0.29, 0.717) is 11.8 Å². The number of para-hydroxylation sites is 1. The Labute approximate surface area is 116 Å². The number of likely N-dealkylation sites (tertiary alicyclic amines) is 1. The van der Waals surface area contributed by atoms with Gasteiger partial charge in [-0.1, -0.05) is 25.1 Å². The molecule has 0 bridgehead atoms. The Morgan fingerprint density at radius 3 is 2.63 bits per heavy atom. The highest BCUT2D eigenvalue weighted by atomic mass is 16.3. The number of nitrogens with zero attached hydrogens (tertiary/aromatic N) is 1. The molecule has 106 valence electrons. The number of rotatable bonds is 5. The van der Waals surface area contributed by atoms with Crippen LogP contribution in [-0.2, 0) is 0 Å². The van der Waals surface area contributed by atoms with E-state index in [9.17, 15) is 5.11 Å².